The number of nitrogens with one attached hydrogen (secondary N) is 3. The summed E-state index contributed by atoms with van der Waals surface area (Å²) in [6, 6.07) is 32.9. The van der Waals surface area contributed by atoms with Crippen molar-refractivity contribution in [2.75, 3.05) is 17.2 Å². The number of carbonyl (C=O) groups excluding carboxylic acids is 2. The molecule has 0 aromatic heterocycles. The van der Waals surface area contributed by atoms with Crippen molar-refractivity contribution in [2.45, 2.75) is 19.4 Å². The van der Waals surface area contributed by atoms with Crippen LogP contribution in [0.4, 0.5) is 16.2 Å². The number of amides is 3. The second-order valence-electron chi connectivity index (χ2n) is 8.20. The van der Waals surface area contributed by atoms with Gasteiger partial charge in [-0.25, -0.2) is 4.79 Å². The van der Waals surface area contributed by atoms with Gasteiger partial charge in [0.2, 0.25) is 5.91 Å². The highest BCUT2D eigenvalue weighted by atomic mass is 16.5. The Morgan fingerprint density at radius 1 is 0.750 bits per heavy atom. The van der Waals surface area contributed by atoms with E-state index in [1.54, 1.807) is 24.3 Å². The second kappa shape index (κ2) is 12.2. The van der Waals surface area contributed by atoms with Crippen LogP contribution in [0.3, 0.4) is 0 Å². The van der Waals surface area contributed by atoms with Crippen LogP contribution in [0.25, 0.3) is 11.1 Å². The average Bonchev–Trinajstić information content (AvgIpc) is 2.91. The second-order valence-corrected chi connectivity index (χ2v) is 8.20. The van der Waals surface area contributed by atoms with Gasteiger partial charge < -0.3 is 20.7 Å². The molecule has 6 heteroatoms. The number of ether oxygens (including phenoxy) is 1. The summed E-state index contributed by atoms with van der Waals surface area (Å²) in [6.45, 7) is 2.48. The third-order valence-electron chi connectivity index (χ3n) is 5.60. The first-order valence-corrected chi connectivity index (χ1v) is 11.9. The van der Waals surface area contributed by atoms with Crippen molar-refractivity contribution in [1.82, 2.24) is 5.32 Å². The Balaban J connectivity index is 1.51. The molecule has 0 spiro atoms. The van der Waals surface area contributed by atoms with Gasteiger partial charge in [-0.3, -0.25) is 4.79 Å². The standard InChI is InChI=1S/C30H29N3O3/c1-2-36-25-19-17-24(18-20-25)31-30(35)33-28(21-22-11-5-3-6-12-22)29(34)32-27-16-10-9-15-26(27)23-13-7-4-8-14-23/h3-20,28H,2,21H2,1H3,(H,32,34)(H2,31,33,35). The van der Waals surface area contributed by atoms with E-state index in [1.165, 1.54) is 0 Å². The SMILES string of the molecule is CCOc1ccc(NC(=O)NC(Cc2ccccc2)C(=O)Nc2ccccc2-c2ccccc2)cc1. The summed E-state index contributed by atoms with van der Waals surface area (Å²) in [5.41, 5.74) is 4.12. The average molecular weight is 480 g/mol. The molecule has 0 saturated carbocycles. The summed E-state index contributed by atoms with van der Waals surface area (Å²) < 4.78 is 5.45. The third-order valence-corrected chi connectivity index (χ3v) is 5.60. The molecule has 4 rings (SSSR count). The summed E-state index contributed by atoms with van der Waals surface area (Å²) in [7, 11) is 0. The molecule has 182 valence electrons. The summed E-state index contributed by atoms with van der Waals surface area (Å²) in [4.78, 5) is 26.3. The lowest BCUT2D eigenvalue weighted by Crippen LogP contribution is -2.47. The number of benzene rings is 4. The van der Waals surface area contributed by atoms with Crippen molar-refractivity contribution in [2.24, 2.45) is 0 Å². The molecule has 0 aliphatic heterocycles. The minimum absolute atomic E-state index is 0.302. The molecule has 3 N–H and O–H groups in total. The first kappa shape index (κ1) is 24.5. The van der Waals surface area contributed by atoms with Gasteiger partial charge in [0.15, 0.2) is 0 Å². The van der Waals surface area contributed by atoms with E-state index < -0.39 is 12.1 Å². The molecule has 1 unspecified atom stereocenters. The van der Waals surface area contributed by atoms with Gasteiger partial charge in [0.05, 0.1) is 6.61 Å². The Hall–Kier alpha value is -4.58. The van der Waals surface area contributed by atoms with E-state index in [0.29, 0.717) is 24.4 Å². The van der Waals surface area contributed by atoms with E-state index >= 15 is 0 Å². The van der Waals surface area contributed by atoms with E-state index in [4.69, 9.17) is 4.74 Å². The zero-order valence-corrected chi connectivity index (χ0v) is 20.1. The van der Waals surface area contributed by atoms with Crippen LogP contribution in [0.5, 0.6) is 5.75 Å². The van der Waals surface area contributed by atoms with Gasteiger partial charge in [0.25, 0.3) is 0 Å². The predicted octanol–water partition coefficient (Wildman–Crippen LogP) is 6.12. The van der Waals surface area contributed by atoms with Crippen molar-refractivity contribution in [1.29, 1.82) is 0 Å². The molecule has 0 aliphatic rings. The number of hydrogen-bond acceptors (Lipinski definition) is 3. The number of anilines is 2. The molecule has 4 aromatic carbocycles. The summed E-state index contributed by atoms with van der Waals surface area (Å²) >= 11 is 0. The van der Waals surface area contributed by atoms with Crippen LogP contribution in [-0.4, -0.2) is 24.6 Å². The Morgan fingerprint density at radius 2 is 1.39 bits per heavy atom. The Morgan fingerprint density at radius 3 is 2.08 bits per heavy atom. The maximum Gasteiger partial charge on any atom is 0.319 e. The Kier molecular flexibility index (Phi) is 8.33. The van der Waals surface area contributed by atoms with Crippen LogP contribution < -0.4 is 20.7 Å². The fourth-order valence-corrected chi connectivity index (χ4v) is 3.87. The van der Waals surface area contributed by atoms with Gasteiger partial charge in [-0.1, -0.05) is 78.9 Å². The van der Waals surface area contributed by atoms with Crippen LogP contribution in [0.2, 0.25) is 0 Å². The first-order valence-electron chi connectivity index (χ1n) is 11.9. The lowest BCUT2D eigenvalue weighted by atomic mass is 10.0. The molecule has 4 aromatic rings. The van der Waals surface area contributed by atoms with E-state index in [0.717, 1.165) is 22.4 Å². The fourth-order valence-electron chi connectivity index (χ4n) is 3.87. The lowest BCUT2D eigenvalue weighted by Gasteiger charge is -2.20. The van der Waals surface area contributed by atoms with Gasteiger partial charge >= 0.3 is 6.03 Å². The molecule has 0 radical (unpaired) electrons. The molecule has 0 fully saturated rings. The maximum absolute atomic E-state index is 13.4. The molecule has 36 heavy (non-hydrogen) atoms. The van der Waals surface area contributed by atoms with Crippen molar-refractivity contribution in [3.63, 3.8) is 0 Å². The van der Waals surface area contributed by atoms with Gasteiger partial charge in [0, 0.05) is 23.4 Å². The minimum atomic E-state index is -0.793. The fraction of sp³-hybridized carbons (Fsp3) is 0.133. The molecule has 0 bridgehead atoms. The van der Waals surface area contributed by atoms with Crippen molar-refractivity contribution < 1.29 is 14.3 Å². The van der Waals surface area contributed by atoms with Gasteiger partial charge in [-0.2, -0.15) is 0 Å². The number of carbonyl (C=O) groups is 2. The molecular formula is C30H29N3O3. The van der Waals surface area contributed by atoms with Crippen LogP contribution >= 0.6 is 0 Å². The van der Waals surface area contributed by atoms with Gasteiger partial charge in [-0.05, 0) is 48.4 Å². The van der Waals surface area contributed by atoms with Crippen molar-refractivity contribution in [3.8, 4) is 16.9 Å². The van der Waals surface area contributed by atoms with Gasteiger partial charge in [-0.15, -0.1) is 0 Å². The molecule has 6 nitrogen and oxygen atoms in total. The molecular weight excluding hydrogens is 450 g/mol. The monoisotopic (exact) mass is 479 g/mol. The zero-order chi connectivity index (χ0) is 25.2. The Labute approximate surface area is 211 Å². The van der Waals surface area contributed by atoms with E-state index in [-0.39, 0.29) is 5.91 Å². The zero-order valence-electron chi connectivity index (χ0n) is 20.1. The van der Waals surface area contributed by atoms with Crippen molar-refractivity contribution in [3.05, 3.63) is 115 Å². The van der Waals surface area contributed by atoms with Crippen LogP contribution in [0, 0.1) is 0 Å². The quantitative estimate of drug-likeness (QED) is 0.270. The lowest BCUT2D eigenvalue weighted by molar-refractivity contribution is -0.117. The summed E-state index contributed by atoms with van der Waals surface area (Å²) in [5.74, 6) is 0.422. The van der Waals surface area contributed by atoms with Crippen molar-refractivity contribution >= 4 is 23.3 Å². The largest absolute Gasteiger partial charge is 0.494 e. The van der Waals surface area contributed by atoms with Crippen LogP contribution in [0.15, 0.2) is 109 Å². The normalized spacial score (nSPS) is 11.2. The number of urea groups is 1. The smallest absolute Gasteiger partial charge is 0.319 e. The van der Waals surface area contributed by atoms with E-state index in [2.05, 4.69) is 16.0 Å². The topological polar surface area (TPSA) is 79.5 Å². The highest BCUT2D eigenvalue weighted by Crippen LogP contribution is 2.27. The predicted molar refractivity (Wildman–Crippen MR) is 144 cm³/mol. The summed E-state index contributed by atoms with van der Waals surface area (Å²) in [5, 5.41) is 8.66. The molecule has 1 atom stereocenters. The summed E-state index contributed by atoms with van der Waals surface area (Å²) in [6.07, 6.45) is 0.344. The van der Waals surface area contributed by atoms with Gasteiger partial charge in [0.1, 0.15) is 11.8 Å². The maximum atomic E-state index is 13.4. The number of hydrogen-bond donors (Lipinski definition) is 3. The number of rotatable bonds is 9. The first-order chi connectivity index (χ1) is 17.6. The molecule has 0 saturated heterocycles. The highest BCUT2D eigenvalue weighted by molar-refractivity contribution is 6.01. The van der Waals surface area contributed by atoms with E-state index in [9.17, 15) is 9.59 Å². The van der Waals surface area contributed by atoms with Crippen LogP contribution in [0.1, 0.15) is 12.5 Å². The van der Waals surface area contributed by atoms with E-state index in [1.807, 2.05) is 91.9 Å². The number of para-hydroxylation sites is 1. The van der Waals surface area contributed by atoms with Crippen LogP contribution in [-0.2, 0) is 11.2 Å². The molecule has 0 aliphatic carbocycles. The molecule has 3 amide bonds. The molecule has 0 heterocycles. The Bertz CT molecular complexity index is 1280. The highest BCUT2D eigenvalue weighted by Gasteiger charge is 2.22. The third kappa shape index (κ3) is 6.73. The minimum Gasteiger partial charge on any atom is -0.494 e.